The predicted molar refractivity (Wildman–Crippen MR) is 149 cm³/mol. The van der Waals surface area contributed by atoms with Gasteiger partial charge in [-0.25, -0.2) is 4.79 Å². The molecular weight excluding hydrogens is 464 g/mol. The quantitative estimate of drug-likeness (QED) is 0.160. The third-order valence-electron chi connectivity index (χ3n) is 11.3. The molecule has 8 atom stereocenters. The van der Waals surface area contributed by atoms with E-state index < -0.39 is 0 Å². The average molecular weight is 520 g/mol. The fourth-order valence-corrected chi connectivity index (χ4v) is 9.04. The molecule has 2 N–H and O–H groups in total. The van der Waals surface area contributed by atoms with Gasteiger partial charge in [0.15, 0.2) is 0 Å². The van der Waals surface area contributed by atoms with Gasteiger partial charge in [-0.2, -0.15) is 0 Å². The standard InChI is InChI=1S/C30H55N4O3/c1-21(32-37-28(36)33(4)18-16-31-17-19-34(5,6)7)25-10-11-26-24-9-8-22-20-23(35)12-14-29(22,2)27(24)13-15-30(25,26)3/h22-27,31,35H,8-20H2,1-7H3/q+1/b32-21+/t22-,23+,24-,25+,26-,27-,29-,30+/m0/s1. The molecule has 4 fully saturated rings. The Balaban J connectivity index is 1.31. The molecule has 7 heteroatoms. The van der Waals surface area contributed by atoms with E-state index in [1.54, 1.807) is 11.9 Å². The van der Waals surface area contributed by atoms with Gasteiger partial charge >= 0.3 is 6.09 Å². The maximum atomic E-state index is 12.6. The van der Waals surface area contributed by atoms with Crippen molar-refractivity contribution in [1.29, 1.82) is 0 Å². The lowest BCUT2D eigenvalue weighted by Crippen LogP contribution is -2.54. The molecule has 0 aromatic carbocycles. The molecule has 0 saturated heterocycles. The Kier molecular flexibility index (Phi) is 8.67. The van der Waals surface area contributed by atoms with Gasteiger partial charge in [0, 0.05) is 32.6 Å². The molecule has 4 rings (SSSR count). The van der Waals surface area contributed by atoms with Crippen molar-refractivity contribution >= 4 is 11.8 Å². The highest BCUT2D eigenvalue weighted by Crippen LogP contribution is 2.67. The summed E-state index contributed by atoms with van der Waals surface area (Å²) in [5, 5.41) is 18.1. The van der Waals surface area contributed by atoms with Crippen LogP contribution >= 0.6 is 0 Å². The first kappa shape index (κ1) is 28.8. The Morgan fingerprint density at radius 2 is 1.73 bits per heavy atom. The minimum atomic E-state index is -0.373. The van der Waals surface area contributed by atoms with E-state index in [9.17, 15) is 9.90 Å². The summed E-state index contributed by atoms with van der Waals surface area (Å²) in [7, 11) is 8.32. The number of likely N-dealkylation sites (N-methyl/N-ethyl adjacent to an activating group) is 2. The normalized spacial score (nSPS) is 39.9. The fraction of sp³-hybridized carbons (Fsp3) is 0.933. The number of aliphatic hydroxyl groups excluding tert-OH is 1. The maximum Gasteiger partial charge on any atom is 0.435 e. The molecule has 0 heterocycles. The zero-order valence-corrected chi connectivity index (χ0v) is 24.8. The van der Waals surface area contributed by atoms with Gasteiger partial charge < -0.3 is 19.8 Å². The van der Waals surface area contributed by atoms with Crippen molar-refractivity contribution in [2.75, 3.05) is 54.4 Å². The lowest BCUT2D eigenvalue weighted by Gasteiger charge is -2.61. The number of carbonyl (C=O) groups is 1. The Morgan fingerprint density at radius 3 is 2.46 bits per heavy atom. The number of hydrogen-bond acceptors (Lipinski definition) is 5. The van der Waals surface area contributed by atoms with Gasteiger partial charge in [-0.1, -0.05) is 19.0 Å². The predicted octanol–water partition coefficient (Wildman–Crippen LogP) is 4.75. The van der Waals surface area contributed by atoms with E-state index in [0.717, 1.165) is 66.8 Å². The molecule has 0 radical (unpaired) electrons. The van der Waals surface area contributed by atoms with E-state index >= 15 is 0 Å². The molecule has 0 aliphatic heterocycles. The molecule has 37 heavy (non-hydrogen) atoms. The van der Waals surface area contributed by atoms with Crippen molar-refractivity contribution in [2.24, 2.45) is 45.6 Å². The lowest BCUT2D eigenvalue weighted by atomic mass is 9.44. The van der Waals surface area contributed by atoms with Gasteiger partial charge in [-0.15, -0.1) is 0 Å². The first-order valence-electron chi connectivity index (χ1n) is 15.0. The van der Waals surface area contributed by atoms with E-state index in [0.29, 0.717) is 23.8 Å². The maximum absolute atomic E-state index is 12.6. The Bertz CT molecular complexity index is 841. The zero-order valence-electron chi connectivity index (χ0n) is 24.8. The molecular formula is C30H55N4O3+. The summed E-state index contributed by atoms with van der Waals surface area (Å²) in [6.07, 6.45) is 10.3. The van der Waals surface area contributed by atoms with Crippen LogP contribution in [0.2, 0.25) is 0 Å². The van der Waals surface area contributed by atoms with Crippen LogP contribution in [0.4, 0.5) is 4.79 Å². The highest BCUT2D eigenvalue weighted by molar-refractivity contribution is 5.85. The number of hydrogen-bond donors (Lipinski definition) is 2. The van der Waals surface area contributed by atoms with Crippen molar-refractivity contribution in [3.63, 3.8) is 0 Å². The van der Waals surface area contributed by atoms with Gasteiger partial charge in [0.1, 0.15) is 0 Å². The second-order valence-electron chi connectivity index (χ2n) is 14.5. The first-order valence-corrected chi connectivity index (χ1v) is 15.0. The van der Waals surface area contributed by atoms with Crippen LogP contribution in [0.15, 0.2) is 5.16 Å². The van der Waals surface area contributed by atoms with Crippen molar-refractivity contribution < 1.29 is 19.2 Å². The van der Waals surface area contributed by atoms with Crippen LogP contribution < -0.4 is 5.32 Å². The highest BCUT2D eigenvalue weighted by Gasteiger charge is 2.60. The average Bonchev–Trinajstić information content (AvgIpc) is 3.19. The summed E-state index contributed by atoms with van der Waals surface area (Å²) in [5.74, 6) is 3.43. The summed E-state index contributed by atoms with van der Waals surface area (Å²) < 4.78 is 0.922. The third kappa shape index (κ3) is 6.04. The van der Waals surface area contributed by atoms with E-state index in [-0.39, 0.29) is 17.6 Å². The Labute approximate surface area is 225 Å². The van der Waals surface area contributed by atoms with Crippen molar-refractivity contribution in [1.82, 2.24) is 10.2 Å². The lowest BCUT2D eigenvalue weighted by molar-refractivity contribution is -0.869. The second-order valence-corrected chi connectivity index (χ2v) is 14.5. The smallest absolute Gasteiger partial charge is 0.393 e. The topological polar surface area (TPSA) is 74.2 Å². The number of nitrogens with one attached hydrogen (secondary N) is 1. The largest absolute Gasteiger partial charge is 0.435 e. The van der Waals surface area contributed by atoms with Crippen LogP contribution in [0.5, 0.6) is 0 Å². The molecule has 0 spiro atoms. The number of fused-ring (bicyclic) bond motifs is 5. The van der Waals surface area contributed by atoms with E-state index in [1.807, 2.05) is 0 Å². The number of quaternary nitrogens is 1. The second kappa shape index (κ2) is 11.1. The van der Waals surface area contributed by atoms with Crippen LogP contribution in [-0.2, 0) is 4.84 Å². The van der Waals surface area contributed by atoms with Gasteiger partial charge in [0.05, 0.1) is 39.5 Å². The number of rotatable bonds is 8. The molecule has 7 nitrogen and oxygen atoms in total. The molecule has 4 aliphatic carbocycles. The summed E-state index contributed by atoms with van der Waals surface area (Å²) in [6, 6.07) is 0. The first-order chi connectivity index (χ1) is 17.3. The molecule has 0 aromatic rings. The molecule has 4 saturated carbocycles. The number of carbonyl (C=O) groups excluding carboxylic acids is 1. The molecule has 1 amide bonds. The summed E-state index contributed by atoms with van der Waals surface area (Å²) in [5.41, 5.74) is 1.65. The van der Waals surface area contributed by atoms with Gasteiger partial charge in [-0.3, -0.25) is 4.84 Å². The monoisotopic (exact) mass is 519 g/mol. The van der Waals surface area contributed by atoms with E-state index in [2.05, 4.69) is 52.4 Å². The molecule has 0 bridgehead atoms. The van der Waals surface area contributed by atoms with E-state index in [4.69, 9.17) is 4.84 Å². The summed E-state index contributed by atoms with van der Waals surface area (Å²) >= 11 is 0. The van der Waals surface area contributed by atoms with Crippen molar-refractivity contribution in [3.05, 3.63) is 0 Å². The fourth-order valence-electron chi connectivity index (χ4n) is 9.04. The van der Waals surface area contributed by atoms with Crippen LogP contribution in [0, 0.1) is 40.4 Å². The summed E-state index contributed by atoms with van der Waals surface area (Å²) in [4.78, 5) is 19.6. The van der Waals surface area contributed by atoms with Crippen LogP contribution in [0.25, 0.3) is 0 Å². The Hall–Kier alpha value is -1.18. The number of nitrogens with zero attached hydrogens (tertiary/aromatic N) is 3. The number of oxime groups is 1. The van der Waals surface area contributed by atoms with Crippen LogP contribution in [-0.4, -0.2) is 86.8 Å². The van der Waals surface area contributed by atoms with Crippen molar-refractivity contribution in [2.45, 2.75) is 84.7 Å². The minimum Gasteiger partial charge on any atom is -0.393 e. The van der Waals surface area contributed by atoms with Crippen LogP contribution in [0.3, 0.4) is 0 Å². The zero-order chi connectivity index (χ0) is 27.0. The number of amides is 1. The van der Waals surface area contributed by atoms with Gasteiger partial charge in [-0.05, 0) is 99.2 Å². The van der Waals surface area contributed by atoms with Gasteiger partial charge in [0.2, 0.25) is 0 Å². The van der Waals surface area contributed by atoms with Crippen molar-refractivity contribution in [3.8, 4) is 0 Å². The summed E-state index contributed by atoms with van der Waals surface area (Å²) in [6.45, 7) is 10.4. The van der Waals surface area contributed by atoms with E-state index in [1.165, 1.54) is 38.5 Å². The highest BCUT2D eigenvalue weighted by atomic mass is 16.7. The third-order valence-corrected chi connectivity index (χ3v) is 11.3. The van der Waals surface area contributed by atoms with Crippen LogP contribution in [0.1, 0.15) is 78.6 Å². The minimum absolute atomic E-state index is 0.0796. The van der Waals surface area contributed by atoms with Gasteiger partial charge in [0.25, 0.3) is 0 Å². The molecule has 0 aromatic heterocycles. The molecule has 4 aliphatic rings. The SMILES string of the molecule is C/C(=N\OC(=O)N(C)CCNCC[N+](C)(C)C)[C@H]1CC[C@H]2[C@@H]3CC[C@H]4C[C@H](O)CC[C@]4(C)[C@H]3CC[C@]12C. The molecule has 0 unspecified atom stereocenters. The Morgan fingerprint density at radius 1 is 1.03 bits per heavy atom. The number of aliphatic hydroxyl groups is 1. The molecule has 212 valence electrons.